The molecule has 1 radical (unpaired) electrons. The lowest BCUT2D eigenvalue weighted by Crippen LogP contribution is -2.38. The first-order chi connectivity index (χ1) is 4.97. The summed E-state index contributed by atoms with van der Waals surface area (Å²) in [5.41, 5.74) is -1.37. The number of halogens is 2. The molecule has 0 heterocycles. The molecule has 65 valence electrons. The van der Waals surface area contributed by atoms with Crippen LogP contribution in [0.3, 0.4) is 0 Å². The first kappa shape index (κ1) is 8.87. The van der Waals surface area contributed by atoms with Gasteiger partial charge in [0.2, 0.25) is 5.92 Å². The molecule has 2 N–H and O–H groups in total. The second-order valence-electron chi connectivity index (χ2n) is 3.09. The van der Waals surface area contributed by atoms with Crippen LogP contribution in [0.1, 0.15) is 25.7 Å². The molecule has 1 rings (SSSR count). The predicted octanol–water partition coefficient (Wildman–Crippen LogP) is 1.46. The van der Waals surface area contributed by atoms with Crippen LogP contribution in [0.5, 0.6) is 0 Å². The fraction of sp³-hybridized carbons (Fsp3) is 0.857. The molecule has 11 heavy (non-hydrogen) atoms. The van der Waals surface area contributed by atoms with Gasteiger partial charge in [-0.15, -0.1) is 0 Å². The zero-order valence-corrected chi connectivity index (χ0v) is 6.06. The minimum atomic E-state index is -2.66. The molecule has 1 fully saturated rings. The Labute approximate surface area is 63.8 Å². The zero-order chi connectivity index (χ0) is 8.54. The number of aliphatic hydroxyl groups excluding tert-OH is 1. The summed E-state index contributed by atoms with van der Waals surface area (Å²) in [7, 11) is 0. The second-order valence-corrected chi connectivity index (χ2v) is 3.09. The van der Waals surface area contributed by atoms with Crippen molar-refractivity contribution in [2.24, 2.45) is 0 Å². The minimum absolute atomic E-state index is 0.0590. The molecule has 0 aromatic carbocycles. The molecule has 0 bridgehead atoms. The van der Waals surface area contributed by atoms with E-state index in [4.69, 9.17) is 5.11 Å². The highest BCUT2D eigenvalue weighted by Gasteiger charge is 2.42. The third-order valence-corrected chi connectivity index (χ3v) is 2.09. The monoisotopic (exact) mass is 165 g/mol. The van der Waals surface area contributed by atoms with Crippen molar-refractivity contribution in [3.8, 4) is 0 Å². The molecule has 0 aromatic rings. The lowest BCUT2D eigenvalue weighted by Gasteiger charge is -2.33. The van der Waals surface area contributed by atoms with Gasteiger partial charge in [0.25, 0.3) is 0 Å². The average molecular weight is 165 g/mol. The zero-order valence-electron chi connectivity index (χ0n) is 6.06. The Morgan fingerprint density at radius 1 is 1.09 bits per heavy atom. The van der Waals surface area contributed by atoms with Gasteiger partial charge in [-0.3, -0.25) is 0 Å². The highest BCUT2D eigenvalue weighted by Crippen LogP contribution is 2.38. The number of alkyl halides is 2. The maximum Gasteiger partial charge on any atom is 0.248 e. The summed E-state index contributed by atoms with van der Waals surface area (Å²) < 4.78 is 25.0. The van der Waals surface area contributed by atoms with Crippen LogP contribution < -0.4 is 0 Å². The van der Waals surface area contributed by atoms with Gasteiger partial charge in [-0.25, -0.2) is 8.78 Å². The normalized spacial score (nSPS) is 28.4. The molecule has 0 spiro atoms. The van der Waals surface area contributed by atoms with Crippen molar-refractivity contribution in [2.45, 2.75) is 37.2 Å². The van der Waals surface area contributed by atoms with Crippen molar-refractivity contribution in [2.75, 3.05) is 0 Å². The van der Waals surface area contributed by atoms with E-state index in [1.165, 1.54) is 0 Å². The van der Waals surface area contributed by atoms with E-state index in [0.29, 0.717) is 6.61 Å². The molecular weight excluding hydrogens is 154 g/mol. The average Bonchev–Trinajstić information content (AvgIpc) is 1.97. The van der Waals surface area contributed by atoms with E-state index in [9.17, 15) is 13.9 Å². The summed E-state index contributed by atoms with van der Waals surface area (Å²) in [6.07, 6.45) is -0.811. The van der Waals surface area contributed by atoms with Crippen LogP contribution in [-0.4, -0.2) is 21.7 Å². The van der Waals surface area contributed by atoms with Gasteiger partial charge >= 0.3 is 0 Å². The van der Waals surface area contributed by atoms with Crippen LogP contribution in [0, 0.1) is 6.61 Å². The van der Waals surface area contributed by atoms with Crippen molar-refractivity contribution in [3.63, 3.8) is 0 Å². The molecular formula is C7H11F2O2. The van der Waals surface area contributed by atoms with E-state index < -0.39 is 11.5 Å². The maximum atomic E-state index is 12.5. The lowest BCUT2D eigenvalue weighted by molar-refractivity contribution is -0.103. The van der Waals surface area contributed by atoms with Crippen molar-refractivity contribution in [1.82, 2.24) is 0 Å². The Morgan fingerprint density at radius 2 is 1.55 bits per heavy atom. The first-order valence-electron chi connectivity index (χ1n) is 3.56. The second kappa shape index (κ2) is 2.68. The highest BCUT2D eigenvalue weighted by atomic mass is 19.3. The summed E-state index contributed by atoms with van der Waals surface area (Å²) >= 11 is 0. The Morgan fingerprint density at radius 3 is 1.91 bits per heavy atom. The van der Waals surface area contributed by atoms with Crippen LogP contribution >= 0.6 is 0 Å². The van der Waals surface area contributed by atoms with Gasteiger partial charge in [-0.05, 0) is 12.8 Å². The summed E-state index contributed by atoms with van der Waals surface area (Å²) in [5, 5.41) is 17.8. The first-order valence-corrected chi connectivity index (χ1v) is 3.56. The minimum Gasteiger partial charge on any atom is -0.387 e. The molecule has 4 heteroatoms. The van der Waals surface area contributed by atoms with E-state index in [-0.39, 0.29) is 25.7 Å². The van der Waals surface area contributed by atoms with Gasteiger partial charge in [0.15, 0.2) is 0 Å². The smallest absolute Gasteiger partial charge is 0.248 e. The van der Waals surface area contributed by atoms with Gasteiger partial charge in [-0.2, -0.15) is 0 Å². The van der Waals surface area contributed by atoms with Crippen LogP contribution in [0.4, 0.5) is 8.78 Å². The third kappa shape index (κ3) is 2.10. The topological polar surface area (TPSA) is 40.5 Å². The van der Waals surface area contributed by atoms with E-state index in [2.05, 4.69) is 0 Å². The van der Waals surface area contributed by atoms with Crippen molar-refractivity contribution >= 4 is 0 Å². The molecule has 0 atom stereocenters. The number of rotatable bonds is 1. The molecule has 1 aliphatic rings. The van der Waals surface area contributed by atoms with Crippen LogP contribution in [0.25, 0.3) is 0 Å². The summed E-state index contributed by atoms with van der Waals surface area (Å²) in [6.45, 7) is 0.613. The Hall–Kier alpha value is -0.220. The largest absolute Gasteiger partial charge is 0.387 e. The molecule has 2 nitrogen and oxygen atoms in total. The Balaban J connectivity index is 2.48. The Kier molecular flexibility index (Phi) is 2.16. The Bertz CT molecular complexity index is 137. The van der Waals surface area contributed by atoms with E-state index in [1.807, 2.05) is 0 Å². The quantitative estimate of drug-likeness (QED) is 0.617. The van der Waals surface area contributed by atoms with Crippen LogP contribution in [-0.2, 0) is 0 Å². The molecule has 0 aromatic heterocycles. The van der Waals surface area contributed by atoms with E-state index in [1.54, 1.807) is 0 Å². The summed E-state index contributed by atoms with van der Waals surface area (Å²) in [5.74, 6) is -2.66. The summed E-state index contributed by atoms with van der Waals surface area (Å²) in [4.78, 5) is 0. The van der Waals surface area contributed by atoms with Crippen molar-refractivity contribution in [3.05, 3.63) is 6.61 Å². The molecule has 0 aliphatic heterocycles. The third-order valence-electron chi connectivity index (χ3n) is 2.09. The van der Waals surface area contributed by atoms with Crippen LogP contribution in [0.2, 0.25) is 0 Å². The van der Waals surface area contributed by atoms with E-state index >= 15 is 0 Å². The maximum absolute atomic E-state index is 12.5. The standard InChI is InChI=1S/C7H11F2O2/c8-7(9)3-1-6(11,5-10)2-4-7/h5,10-11H,1-4H2. The van der Waals surface area contributed by atoms with Crippen LogP contribution in [0.15, 0.2) is 0 Å². The van der Waals surface area contributed by atoms with E-state index in [0.717, 1.165) is 0 Å². The SMILES string of the molecule is O[CH]C1(O)CCC(F)(F)CC1. The van der Waals surface area contributed by atoms with Gasteiger partial charge < -0.3 is 10.2 Å². The fourth-order valence-corrected chi connectivity index (χ4v) is 1.18. The molecule has 0 saturated heterocycles. The molecule has 0 amide bonds. The van der Waals surface area contributed by atoms with Gasteiger partial charge in [0.05, 0.1) is 5.60 Å². The number of hydrogen-bond donors (Lipinski definition) is 2. The predicted molar refractivity (Wildman–Crippen MR) is 34.6 cm³/mol. The van der Waals surface area contributed by atoms with Crippen molar-refractivity contribution < 1.29 is 19.0 Å². The van der Waals surface area contributed by atoms with Gasteiger partial charge in [0, 0.05) is 12.8 Å². The highest BCUT2D eigenvalue weighted by molar-refractivity contribution is 4.93. The molecule has 1 aliphatic carbocycles. The summed E-state index contributed by atoms with van der Waals surface area (Å²) in [6, 6.07) is 0. The molecule has 1 saturated carbocycles. The fourth-order valence-electron chi connectivity index (χ4n) is 1.18. The number of aliphatic hydroxyl groups is 2. The lowest BCUT2D eigenvalue weighted by atomic mass is 9.83. The molecule has 0 unspecified atom stereocenters. The van der Waals surface area contributed by atoms with Crippen molar-refractivity contribution in [1.29, 1.82) is 0 Å². The number of hydrogen-bond acceptors (Lipinski definition) is 2. The van der Waals surface area contributed by atoms with Gasteiger partial charge in [-0.1, -0.05) is 0 Å². The van der Waals surface area contributed by atoms with Gasteiger partial charge in [0.1, 0.15) is 6.61 Å².